The van der Waals surface area contributed by atoms with Gasteiger partial charge < -0.3 is 19.3 Å². The van der Waals surface area contributed by atoms with Crippen molar-refractivity contribution in [2.75, 3.05) is 13.2 Å². The van der Waals surface area contributed by atoms with Crippen LogP contribution in [0.15, 0.2) is 66.7 Å². The van der Waals surface area contributed by atoms with E-state index < -0.39 is 5.97 Å². The van der Waals surface area contributed by atoms with Crippen LogP contribution in [-0.2, 0) is 17.8 Å². The van der Waals surface area contributed by atoms with E-state index >= 15 is 0 Å². The van der Waals surface area contributed by atoms with Crippen molar-refractivity contribution in [3.63, 3.8) is 0 Å². The summed E-state index contributed by atoms with van der Waals surface area (Å²) in [6.45, 7) is 3.19. The fourth-order valence-corrected chi connectivity index (χ4v) is 4.24. The number of carbonyl (C=O) groups excluding carboxylic acids is 1. The Morgan fingerprint density at radius 2 is 1.71 bits per heavy atom. The zero-order valence-corrected chi connectivity index (χ0v) is 18.6. The van der Waals surface area contributed by atoms with E-state index in [2.05, 4.69) is 0 Å². The monoisotopic (exact) mass is 457 g/mol. The Morgan fingerprint density at radius 1 is 0.971 bits per heavy atom. The normalized spacial score (nSPS) is 12.5. The van der Waals surface area contributed by atoms with Crippen molar-refractivity contribution >= 4 is 22.8 Å². The van der Waals surface area contributed by atoms with Gasteiger partial charge in [0.1, 0.15) is 25.6 Å². The molecule has 2 heterocycles. The van der Waals surface area contributed by atoms with E-state index in [9.17, 15) is 14.7 Å². The van der Waals surface area contributed by atoms with Gasteiger partial charge in [-0.2, -0.15) is 0 Å². The summed E-state index contributed by atoms with van der Waals surface area (Å²) >= 11 is 0. The Labute approximate surface area is 196 Å². The number of benzene rings is 3. The summed E-state index contributed by atoms with van der Waals surface area (Å²) in [6, 6.07) is 19.9. The van der Waals surface area contributed by atoms with Crippen molar-refractivity contribution in [1.29, 1.82) is 0 Å². The molecule has 7 heteroatoms. The van der Waals surface area contributed by atoms with Crippen LogP contribution < -0.4 is 14.2 Å². The molecule has 0 saturated heterocycles. The first-order valence-corrected chi connectivity index (χ1v) is 11.0. The van der Waals surface area contributed by atoms with Crippen LogP contribution in [0.5, 0.6) is 17.2 Å². The van der Waals surface area contributed by atoms with Gasteiger partial charge in [-0.3, -0.25) is 14.2 Å². The van der Waals surface area contributed by atoms with Gasteiger partial charge in [0.25, 0.3) is 5.91 Å². The van der Waals surface area contributed by atoms with E-state index in [0.29, 0.717) is 53.7 Å². The molecule has 0 fully saturated rings. The first kappa shape index (κ1) is 21.6. The van der Waals surface area contributed by atoms with Gasteiger partial charge in [0.05, 0.1) is 11.9 Å². The number of carboxylic acids is 1. The van der Waals surface area contributed by atoms with Crippen LogP contribution in [-0.4, -0.2) is 34.8 Å². The van der Waals surface area contributed by atoms with Crippen LogP contribution in [0.3, 0.4) is 0 Å². The Kier molecular flexibility index (Phi) is 5.67. The van der Waals surface area contributed by atoms with E-state index in [1.54, 1.807) is 41.0 Å². The Morgan fingerprint density at radius 3 is 2.50 bits per heavy atom. The van der Waals surface area contributed by atoms with Crippen LogP contribution in [0, 0.1) is 6.92 Å². The minimum atomic E-state index is -0.907. The molecule has 0 radical (unpaired) electrons. The molecule has 1 N–H and O–H groups in total. The van der Waals surface area contributed by atoms with Crippen molar-refractivity contribution in [2.24, 2.45) is 0 Å². The quantitative estimate of drug-likeness (QED) is 0.455. The number of rotatable bonds is 6. The SMILES string of the molecule is Cc1cc2c(CC(=O)O)cccc2n1C(=O)c1ccc(OCc2cccc3c2OCCO3)cc1. The van der Waals surface area contributed by atoms with Gasteiger partial charge in [0.2, 0.25) is 0 Å². The van der Waals surface area contributed by atoms with E-state index in [1.807, 2.05) is 37.3 Å². The standard InChI is InChI=1S/C27H23NO6/c1-17-14-22-19(15-25(29)30)4-2-6-23(22)28(17)27(31)18-8-10-21(11-9-18)34-16-20-5-3-7-24-26(20)33-13-12-32-24/h2-11,14H,12-13,15-16H2,1H3,(H,29,30). The molecule has 0 spiro atoms. The third kappa shape index (κ3) is 4.08. The van der Waals surface area contributed by atoms with Gasteiger partial charge in [-0.1, -0.05) is 24.3 Å². The van der Waals surface area contributed by atoms with Gasteiger partial charge in [0.15, 0.2) is 11.5 Å². The Hall–Kier alpha value is -4.26. The molecule has 0 atom stereocenters. The highest BCUT2D eigenvalue weighted by Crippen LogP contribution is 2.34. The summed E-state index contributed by atoms with van der Waals surface area (Å²) in [7, 11) is 0. The van der Waals surface area contributed by atoms with Crippen molar-refractivity contribution < 1.29 is 28.9 Å². The molecule has 0 bridgehead atoms. The molecule has 0 saturated carbocycles. The zero-order chi connectivity index (χ0) is 23.7. The van der Waals surface area contributed by atoms with Crippen LogP contribution >= 0.6 is 0 Å². The average Bonchev–Trinajstić information content (AvgIpc) is 3.19. The van der Waals surface area contributed by atoms with E-state index in [1.165, 1.54) is 0 Å². The van der Waals surface area contributed by atoms with E-state index in [4.69, 9.17) is 14.2 Å². The van der Waals surface area contributed by atoms with Gasteiger partial charge in [-0.15, -0.1) is 0 Å². The number of para-hydroxylation sites is 1. The van der Waals surface area contributed by atoms with Crippen LogP contribution in [0.2, 0.25) is 0 Å². The topological polar surface area (TPSA) is 87.0 Å². The number of ether oxygens (including phenoxy) is 3. The van der Waals surface area contributed by atoms with Gasteiger partial charge in [-0.25, -0.2) is 0 Å². The fourth-order valence-electron chi connectivity index (χ4n) is 4.24. The van der Waals surface area contributed by atoms with Gasteiger partial charge in [0, 0.05) is 22.2 Å². The third-order valence-corrected chi connectivity index (χ3v) is 5.81. The summed E-state index contributed by atoms with van der Waals surface area (Å²) in [5.74, 6) is 0.958. The molecule has 7 nitrogen and oxygen atoms in total. The van der Waals surface area contributed by atoms with Crippen LogP contribution in [0.4, 0.5) is 0 Å². The lowest BCUT2D eigenvalue weighted by Gasteiger charge is -2.21. The molecule has 1 aliphatic rings. The maximum absolute atomic E-state index is 13.3. The number of hydrogen-bond donors (Lipinski definition) is 1. The molecule has 0 aliphatic carbocycles. The first-order valence-electron chi connectivity index (χ1n) is 11.0. The summed E-state index contributed by atoms with van der Waals surface area (Å²) in [5, 5.41) is 9.96. The van der Waals surface area contributed by atoms with Crippen molar-refractivity contribution in [3.05, 3.63) is 89.1 Å². The summed E-state index contributed by atoms with van der Waals surface area (Å²) in [5.41, 5.74) is 3.52. The highest BCUT2D eigenvalue weighted by Gasteiger charge is 2.18. The summed E-state index contributed by atoms with van der Waals surface area (Å²) in [6.07, 6.45) is -0.0944. The molecule has 34 heavy (non-hydrogen) atoms. The van der Waals surface area contributed by atoms with Gasteiger partial charge >= 0.3 is 5.97 Å². The Bertz CT molecular complexity index is 1390. The Balaban J connectivity index is 1.35. The van der Waals surface area contributed by atoms with E-state index in [0.717, 1.165) is 16.6 Å². The number of carboxylic acid groups (broad SMARTS) is 1. The second kappa shape index (κ2) is 8.94. The lowest BCUT2D eigenvalue weighted by Crippen LogP contribution is -2.17. The predicted octanol–water partition coefficient (Wildman–Crippen LogP) is 4.62. The number of hydrogen-bond acceptors (Lipinski definition) is 5. The number of nitrogens with zero attached hydrogens (tertiary/aromatic N) is 1. The first-order chi connectivity index (χ1) is 16.5. The number of aryl methyl sites for hydroxylation is 1. The molecule has 3 aromatic carbocycles. The third-order valence-electron chi connectivity index (χ3n) is 5.81. The number of aromatic nitrogens is 1. The lowest BCUT2D eigenvalue weighted by atomic mass is 10.1. The molecular formula is C27H23NO6. The number of fused-ring (bicyclic) bond motifs is 2. The highest BCUT2D eigenvalue weighted by molar-refractivity contribution is 6.04. The summed E-state index contributed by atoms with van der Waals surface area (Å²) < 4.78 is 18.9. The van der Waals surface area contributed by atoms with Crippen molar-refractivity contribution in [2.45, 2.75) is 20.0 Å². The molecule has 5 rings (SSSR count). The lowest BCUT2D eigenvalue weighted by molar-refractivity contribution is -0.136. The molecule has 1 aliphatic heterocycles. The molecular weight excluding hydrogens is 434 g/mol. The minimum absolute atomic E-state index is 0.0944. The second-order valence-corrected chi connectivity index (χ2v) is 8.10. The van der Waals surface area contributed by atoms with Gasteiger partial charge in [-0.05, 0) is 55.0 Å². The van der Waals surface area contributed by atoms with Crippen molar-refractivity contribution in [1.82, 2.24) is 4.57 Å². The largest absolute Gasteiger partial charge is 0.489 e. The maximum Gasteiger partial charge on any atom is 0.307 e. The molecule has 4 aromatic rings. The fraction of sp³-hybridized carbons (Fsp3) is 0.185. The predicted molar refractivity (Wildman–Crippen MR) is 126 cm³/mol. The highest BCUT2D eigenvalue weighted by atomic mass is 16.6. The van der Waals surface area contributed by atoms with Crippen LogP contribution in [0.25, 0.3) is 10.9 Å². The molecule has 0 amide bonds. The minimum Gasteiger partial charge on any atom is -0.489 e. The van der Waals surface area contributed by atoms with E-state index in [-0.39, 0.29) is 12.3 Å². The van der Waals surface area contributed by atoms with Crippen molar-refractivity contribution in [3.8, 4) is 17.2 Å². The second-order valence-electron chi connectivity index (χ2n) is 8.10. The molecule has 172 valence electrons. The number of carbonyl (C=O) groups is 2. The van der Waals surface area contributed by atoms with Crippen LogP contribution in [0.1, 0.15) is 27.2 Å². The average molecular weight is 457 g/mol. The number of aliphatic carboxylic acids is 1. The summed E-state index contributed by atoms with van der Waals surface area (Å²) in [4.78, 5) is 24.5. The smallest absolute Gasteiger partial charge is 0.307 e. The molecule has 0 unspecified atom stereocenters. The zero-order valence-electron chi connectivity index (χ0n) is 18.6. The maximum atomic E-state index is 13.3. The molecule has 1 aromatic heterocycles.